The second-order valence-electron chi connectivity index (χ2n) is 6.66. The Morgan fingerprint density at radius 1 is 0.889 bits per heavy atom. The maximum Gasteiger partial charge on any atom is 0.238 e. The van der Waals surface area contributed by atoms with Gasteiger partial charge in [-0.15, -0.1) is 0 Å². The highest BCUT2D eigenvalue weighted by Crippen LogP contribution is 2.23. The van der Waals surface area contributed by atoms with E-state index in [9.17, 15) is 4.79 Å². The Hall–Kier alpha value is -3.11. The number of carbonyl (C=O) groups is 1. The van der Waals surface area contributed by atoms with Gasteiger partial charge in [0.05, 0.1) is 6.54 Å². The number of para-hydroxylation sites is 1. The number of benzene rings is 3. The fourth-order valence-electron chi connectivity index (χ4n) is 3.30. The number of carbonyl (C=O) groups excluding carboxylic acids is 1. The molecule has 0 unspecified atom stereocenters. The van der Waals surface area contributed by atoms with Gasteiger partial charge in [0.2, 0.25) is 5.91 Å². The van der Waals surface area contributed by atoms with E-state index in [2.05, 4.69) is 22.3 Å². The van der Waals surface area contributed by atoms with Crippen molar-refractivity contribution < 1.29 is 9.53 Å². The zero-order valence-electron chi connectivity index (χ0n) is 15.1. The molecule has 0 radical (unpaired) electrons. The number of hydrogen-bond acceptors (Lipinski definition) is 3. The molecule has 0 aromatic heterocycles. The molecule has 0 atom stereocenters. The molecule has 1 N–H and O–H groups in total. The van der Waals surface area contributed by atoms with Crippen molar-refractivity contribution in [3.63, 3.8) is 0 Å². The summed E-state index contributed by atoms with van der Waals surface area (Å²) in [7, 11) is 0. The first kappa shape index (κ1) is 17.3. The fraction of sp³-hybridized carbons (Fsp3) is 0.174. The van der Waals surface area contributed by atoms with Crippen molar-refractivity contribution in [3.8, 4) is 16.9 Å². The minimum absolute atomic E-state index is 0.0122. The number of amides is 1. The van der Waals surface area contributed by atoms with Crippen LogP contribution in [0.1, 0.15) is 5.56 Å². The number of nitrogens with zero attached hydrogens (tertiary/aromatic N) is 1. The van der Waals surface area contributed by atoms with Crippen molar-refractivity contribution in [2.75, 3.05) is 25.0 Å². The molecule has 3 aromatic carbocycles. The average molecular weight is 358 g/mol. The van der Waals surface area contributed by atoms with E-state index in [1.54, 1.807) is 0 Å². The van der Waals surface area contributed by atoms with Gasteiger partial charge < -0.3 is 10.1 Å². The van der Waals surface area contributed by atoms with Gasteiger partial charge in [0, 0.05) is 24.3 Å². The summed E-state index contributed by atoms with van der Waals surface area (Å²) in [6.07, 6.45) is 0. The first-order valence-electron chi connectivity index (χ1n) is 9.16. The second-order valence-corrected chi connectivity index (χ2v) is 6.66. The molecule has 4 nitrogen and oxygen atoms in total. The molecule has 136 valence electrons. The smallest absolute Gasteiger partial charge is 0.238 e. The molecule has 27 heavy (non-hydrogen) atoms. The summed E-state index contributed by atoms with van der Waals surface area (Å²) in [6, 6.07) is 26.2. The van der Waals surface area contributed by atoms with Crippen LogP contribution >= 0.6 is 0 Å². The molecule has 3 aromatic rings. The van der Waals surface area contributed by atoms with Crippen LogP contribution in [-0.2, 0) is 11.3 Å². The highest BCUT2D eigenvalue weighted by molar-refractivity contribution is 5.92. The van der Waals surface area contributed by atoms with Crippen molar-refractivity contribution in [1.82, 2.24) is 4.90 Å². The standard InChI is InChI=1S/C23H22N2O2/c26-23(17-25-14-15-27-22-9-5-4-8-20(22)16-25)24-21-12-10-19(11-13-21)18-6-2-1-3-7-18/h1-13H,14-17H2,(H,24,26). The van der Waals surface area contributed by atoms with Gasteiger partial charge in [0.25, 0.3) is 0 Å². The molecule has 4 rings (SSSR count). The molecule has 0 saturated heterocycles. The first-order chi connectivity index (χ1) is 13.3. The van der Waals surface area contributed by atoms with Gasteiger partial charge in [-0.25, -0.2) is 0 Å². The Labute approximate surface area is 159 Å². The van der Waals surface area contributed by atoms with Crippen LogP contribution in [-0.4, -0.2) is 30.5 Å². The number of fused-ring (bicyclic) bond motifs is 1. The van der Waals surface area contributed by atoms with Gasteiger partial charge in [-0.3, -0.25) is 9.69 Å². The Bertz CT molecular complexity index is 907. The number of hydrogen-bond donors (Lipinski definition) is 1. The first-order valence-corrected chi connectivity index (χ1v) is 9.16. The Morgan fingerprint density at radius 3 is 2.41 bits per heavy atom. The molecule has 0 saturated carbocycles. The maximum atomic E-state index is 12.5. The molecular formula is C23H22N2O2. The average Bonchev–Trinajstić information content (AvgIpc) is 2.91. The highest BCUT2D eigenvalue weighted by Gasteiger charge is 2.17. The lowest BCUT2D eigenvalue weighted by Crippen LogP contribution is -2.34. The SMILES string of the molecule is O=C(CN1CCOc2ccccc2C1)Nc1ccc(-c2ccccc2)cc1. The predicted molar refractivity (Wildman–Crippen MR) is 108 cm³/mol. The third kappa shape index (κ3) is 4.36. The van der Waals surface area contributed by atoms with Crippen molar-refractivity contribution in [1.29, 1.82) is 0 Å². The van der Waals surface area contributed by atoms with Crippen LogP contribution in [0.3, 0.4) is 0 Å². The summed E-state index contributed by atoms with van der Waals surface area (Å²) in [5.74, 6) is 0.902. The largest absolute Gasteiger partial charge is 0.492 e. The molecule has 1 aliphatic heterocycles. The van der Waals surface area contributed by atoms with Crippen LogP contribution < -0.4 is 10.1 Å². The van der Waals surface area contributed by atoms with Gasteiger partial charge >= 0.3 is 0 Å². The van der Waals surface area contributed by atoms with E-state index in [4.69, 9.17) is 4.74 Å². The Morgan fingerprint density at radius 2 is 1.59 bits per heavy atom. The van der Waals surface area contributed by atoms with Crippen molar-refractivity contribution in [2.24, 2.45) is 0 Å². The van der Waals surface area contributed by atoms with Crippen LogP contribution in [0.4, 0.5) is 5.69 Å². The molecule has 0 bridgehead atoms. The summed E-state index contributed by atoms with van der Waals surface area (Å²) in [5.41, 5.74) is 4.23. The third-order valence-electron chi connectivity index (χ3n) is 4.67. The second kappa shape index (κ2) is 8.06. The number of ether oxygens (including phenoxy) is 1. The number of anilines is 1. The van der Waals surface area contributed by atoms with Crippen molar-refractivity contribution >= 4 is 11.6 Å². The Balaban J connectivity index is 1.37. The van der Waals surface area contributed by atoms with E-state index in [1.807, 2.05) is 66.7 Å². The lowest BCUT2D eigenvalue weighted by atomic mass is 10.1. The van der Waals surface area contributed by atoms with Crippen LogP contribution in [0.2, 0.25) is 0 Å². The quantitative estimate of drug-likeness (QED) is 0.760. The summed E-state index contributed by atoms with van der Waals surface area (Å²) in [6.45, 7) is 2.39. The van der Waals surface area contributed by atoms with E-state index in [0.29, 0.717) is 13.2 Å². The Kier molecular flexibility index (Phi) is 5.17. The van der Waals surface area contributed by atoms with Crippen LogP contribution in [0.25, 0.3) is 11.1 Å². The molecule has 1 heterocycles. The van der Waals surface area contributed by atoms with Gasteiger partial charge in [0.15, 0.2) is 0 Å². The minimum atomic E-state index is -0.0122. The summed E-state index contributed by atoms with van der Waals surface area (Å²) < 4.78 is 5.76. The molecule has 1 aliphatic rings. The third-order valence-corrected chi connectivity index (χ3v) is 4.67. The predicted octanol–water partition coefficient (Wildman–Crippen LogP) is 4.19. The topological polar surface area (TPSA) is 41.6 Å². The molecule has 4 heteroatoms. The lowest BCUT2D eigenvalue weighted by Gasteiger charge is -2.18. The number of nitrogens with one attached hydrogen (secondary N) is 1. The van der Waals surface area contributed by atoms with Gasteiger partial charge in [0.1, 0.15) is 12.4 Å². The molecular weight excluding hydrogens is 336 g/mol. The van der Waals surface area contributed by atoms with Crippen LogP contribution in [0.15, 0.2) is 78.9 Å². The monoisotopic (exact) mass is 358 g/mol. The summed E-state index contributed by atoms with van der Waals surface area (Å²) >= 11 is 0. The molecule has 1 amide bonds. The normalized spacial score (nSPS) is 13.9. The van der Waals surface area contributed by atoms with E-state index in [-0.39, 0.29) is 5.91 Å². The van der Waals surface area contributed by atoms with Crippen LogP contribution in [0, 0.1) is 0 Å². The zero-order valence-corrected chi connectivity index (χ0v) is 15.1. The molecule has 0 fully saturated rings. The highest BCUT2D eigenvalue weighted by atomic mass is 16.5. The van der Waals surface area contributed by atoms with E-state index in [1.165, 1.54) is 5.56 Å². The minimum Gasteiger partial charge on any atom is -0.492 e. The van der Waals surface area contributed by atoms with Crippen molar-refractivity contribution in [3.05, 3.63) is 84.4 Å². The van der Waals surface area contributed by atoms with Gasteiger partial charge in [-0.2, -0.15) is 0 Å². The fourth-order valence-corrected chi connectivity index (χ4v) is 3.30. The summed E-state index contributed by atoms with van der Waals surface area (Å²) in [4.78, 5) is 14.6. The van der Waals surface area contributed by atoms with Crippen molar-refractivity contribution in [2.45, 2.75) is 6.54 Å². The van der Waals surface area contributed by atoms with Crippen LogP contribution in [0.5, 0.6) is 5.75 Å². The van der Waals surface area contributed by atoms with E-state index in [0.717, 1.165) is 35.7 Å². The molecule has 0 spiro atoms. The van der Waals surface area contributed by atoms with E-state index >= 15 is 0 Å². The zero-order chi connectivity index (χ0) is 18.5. The number of rotatable bonds is 4. The van der Waals surface area contributed by atoms with Gasteiger partial charge in [-0.1, -0.05) is 60.7 Å². The maximum absolute atomic E-state index is 12.5. The van der Waals surface area contributed by atoms with E-state index < -0.39 is 0 Å². The molecule has 0 aliphatic carbocycles. The van der Waals surface area contributed by atoms with Gasteiger partial charge in [-0.05, 0) is 29.3 Å². The lowest BCUT2D eigenvalue weighted by molar-refractivity contribution is -0.117. The summed E-state index contributed by atoms with van der Waals surface area (Å²) in [5, 5.41) is 2.99.